The lowest BCUT2D eigenvalue weighted by molar-refractivity contribution is -0.120. The number of nitrogens with one attached hydrogen (secondary N) is 3. The zero-order valence-corrected chi connectivity index (χ0v) is 32.0. The summed E-state index contributed by atoms with van der Waals surface area (Å²) in [6.45, 7) is 5.72. The molecule has 0 saturated carbocycles. The largest absolute Gasteiger partial charge is 0.447 e. The molecule has 0 saturated heterocycles. The molecule has 1 rings (SSSR count). The Bertz CT molecular complexity index is 1280. The molecule has 0 radical (unpaired) electrons. The van der Waals surface area contributed by atoms with E-state index in [9.17, 15) is 19.5 Å². The van der Waals surface area contributed by atoms with Crippen molar-refractivity contribution in [3.05, 3.63) is 103 Å². The van der Waals surface area contributed by atoms with Gasteiger partial charge in [0.1, 0.15) is 6.61 Å². The number of amides is 3. The fourth-order valence-corrected chi connectivity index (χ4v) is 6.63. The summed E-state index contributed by atoms with van der Waals surface area (Å²) in [5, 5.41) is 26.7. The topological polar surface area (TPSA) is 150 Å². The smallest absolute Gasteiger partial charge is 0.407 e. The van der Waals surface area contributed by atoms with Crippen LogP contribution in [0.4, 0.5) is 4.79 Å². The lowest BCUT2D eigenvalue weighted by Gasteiger charge is -2.33. The van der Waals surface area contributed by atoms with Crippen molar-refractivity contribution in [2.45, 2.75) is 89.0 Å². The van der Waals surface area contributed by atoms with Crippen LogP contribution in [0.15, 0.2) is 97.4 Å². The molecule has 5 N–H and O–H groups in total. The Morgan fingerprint density at radius 3 is 2.04 bits per heavy atom. The van der Waals surface area contributed by atoms with Crippen LogP contribution in [-0.4, -0.2) is 82.1 Å². The number of carbonyl (C=O) groups is 3. The Morgan fingerprint density at radius 1 is 0.902 bits per heavy atom. The van der Waals surface area contributed by atoms with E-state index in [2.05, 4.69) is 94.7 Å². The molecule has 1 heterocycles. The van der Waals surface area contributed by atoms with Crippen molar-refractivity contribution in [2.24, 2.45) is 0 Å². The number of alkyl carbamates (subject to hydrolysis) is 1. The number of hydrogen-bond acceptors (Lipinski definition) is 9. The maximum Gasteiger partial charge on any atom is 0.407 e. The third kappa shape index (κ3) is 25.1. The minimum absolute atomic E-state index is 0.00766. The maximum atomic E-state index is 12.9. The molecular weight excluding hydrogens is 685 g/mol. The number of aliphatic hydroxyl groups excluding tert-OH is 2. The first kappa shape index (κ1) is 45.4. The molecule has 0 spiro atoms. The molecule has 0 bridgehead atoms. The number of ether oxygens (including phenoxy) is 1. The molecule has 1 aromatic rings. The number of aliphatic hydroxyl groups is 2. The van der Waals surface area contributed by atoms with Crippen molar-refractivity contribution in [3.63, 3.8) is 0 Å². The van der Waals surface area contributed by atoms with Crippen molar-refractivity contribution >= 4 is 39.5 Å². The summed E-state index contributed by atoms with van der Waals surface area (Å²) in [6, 6.07) is 2.73. The molecule has 1 aromatic heterocycles. The molecule has 12 heteroatoms. The summed E-state index contributed by atoms with van der Waals surface area (Å²) < 4.78 is 4.75. The van der Waals surface area contributed by atoms with Gasteiger partial charge in [-0.3, -0.25) is 14.6 Å². The number of pyridine rings is 1. The van der Waals surface area contributed by atoms with Gasteiger partial charge in [0.05, 0.1) is 24.3 Å². The van der Waals surface area contributed by atoms with Gasteiger partial charge in [-0.05, 0) is 70.9 Å². The van der Waals surface area contributed by atoms with Crippen LogP contribution >= 0.6 is 21.6 Å². The van der Waals surface area contributed by atoms with E-state index in [-0.39, 0.29) is 25.0 Å². The van der Waals surface area contributed by atoms with Crippen LogP contribution in [0, 0.1) is 0 Å². The van der Waals surface area contributed by atoms with Gasteiger partial charge in [-0.15, -0.1) is 0 Å². The SMILES string of the molecule is CC/C=C\C/C=C\C/C=C\C/C=C\C/C=C\C/C=C\CCC(=O)NCCSSC(C)(C)[C@@H](COC(=O)NC[C@@H](O)CO)NC(=O)c1cccnc1. The Labute approximate surface area is 312 Å². The van der Waals surface area contributed by atoms with E-state index < -0.39 is 29.6 Å². The highest BCUT2D eigenvalue weighted by atomic mass is 33.1. The minimum Gasteiger partial charge on any atom is -0.447 e. The Kier molecular flexibility index (Phi) is 26.8. The first-order valence-electron chi connectivity index (χ1n) is 17.6. The van der Waals surface area contributed by atoms with Crippen molar-refractivity contribution in [1.29, 1.82) is 0 Å². The monoisotopic (exact) mass is 742 g/mol. The minimum atomic E-state index is -1.10. The van der Waals surface area contributed by atoms with E-state index in [1.165, 1.54) is 17.0 Å². The van der Waals surface area contributed by atoms with Crippen LogP contribution in [0.2, 0.25) is 0 Å². The quantitative estimate of drug-likeness (QED) is 0.0365. The Hall–Kier alpha value is -3.58. The van der Waals surface area contributed by atoms with Gasteiger partial charge in [-0.2, -0.15) is 0 Å². The van der Waals surface area contributed by atoms with Gasteiger partial charge in [0.2, 0.25) is 5.91 Å². The van der Waals surface area contributed by atoms with E-state index in [1.54, 1.807) is 29.1 Å². The predicted molar refractivity (Wildman–Crippen MR) is 213 cm³/mol. The molecule has 0 aliphatic carbocycles. The van der Waals surface area contributed by atoms with Crippen LogP contribution in [0.5, 0.6) is 0 Å². The normalized spacial score (nSPS) is 13.6. The molecule has 0 unspecified atom stereocenters. The molecule has 3 amide bonds. The van der Waals surface area contributed by atoms with Crippen LogP contribution in [0.25, 0.3) is 0 Å². The molecule has 2 atom stereocenters. The molecular formula is C39H58N4O6S2. The van der Waals surface area contributed by atoms with Crippen LogP contribution < -0.4 is 16.0 Å². The van der Waals surface area contributed by atoms with Crippen molar-refractivity contribution < 1.29 is 29.3 Å². The second-order valence-electron chi connectivity index (χ2n) is 11.9. The fourth-order valence-electron chi connectivity index (χ4n) is 4.06. The molecule has 10 nitrogen and oxygen atoms in total. The summed E-state index contributed by atoms with van der Waals surface area (Å²) in [7, 11) is 3.06. The second kappa shape index (κ2) is 30.1. The van der Waals surface area contributed by atoms with Gasteiger partial charge in [0, 0.05) is 42.4 Å². The second-order valence-corrected chi connectivity index (χ2v) is 15.0. The van der Waals surface area contributed by atoms with E-state index in [0.29, 0.717) is 30.7 Å². The summed E-state index contributed by atoms with van der Waals surface area (Å²) >= 11 is 0. The van der Waals surface area contributed by atoms with Gasteiger partial charge in [-0.1, -0.05) is 101 Å². The highest BCUT2D eigenvalue weighted by molar-refractivity contribution is 8.77. The lowest BCUT2D eigenvalue weighted by atomic mass is 10.0. The van der Waals surface area contributed by atoms with Gasteiger partial charge in [0.15, 0.2) is 0 Å². The van der Waals surface area contributed by atoms with E-state index in [1.807, 2.05) is 19.9 Å². The third-order valence-corrected chi connectivity index (χ3v) is 10.4. The lowest BCUT2D eigenvalue weighted by Crippen LogP contribution is -2.51. The summed E-state index contributed by atoms with van der Waals surface area (Å²) in [4.78, 5) is 41.3. The summed E-state index contributed by atoms with van der Waals surface area (Å²) in [6.07, 6.45) is 33.9. The average molecular weight is 743 g/mol. The number of rotatable bonds is 27. The standard InChI is InChI=1S/C39H58N4O6S2/c1-4-5-6-7-8-9-10-11-12-13-14-15-16-17-18-19-20-21-22-25-36(46)41-27-28-50-51-39(2,3)35(32-49-38(48)42-30-34(45)31-44)43-37(47)33-24-23-26-40-29-33/h5-6,8-9,11-12,14-15,17-18,20-21,23-24,26,29,34-35,44-45H,4,7,10,13,16,19,22,25,27-28,30-32H2,1-3H3,(H,41,46)(H,42,48)(H,43,47)/b6-5-,9-8-,12-11-,15-14-,18-17-,21-20-/t34-,35-/m1/s1. The highest BCUT2D eigenvalue weighted by Gasteiger charge is 2.33. The zero-order valence-electron chi connectivity index (χ0n) is 30.4. The van der Waals surface area contributed by atoms with E-state index in [4.69, 9.17) is 9.84 Å². The molecule has 0 fully saturated rings. The number of allylic oxidation sites excluding steroid dienone is 12. The number of carbonyl (C=O) groups excluding carboxylic acids is 3. The molecule has 282 valence electrons. The van der Waals surface area contributed by atoms with Gasteiger partial charge >= 0.3 is 6.09 Å². The number of nitrogens with zero attached hydrogens (tertiary/aromatic N) is 1. The van der Waals surface area contributed by atoms with Crippen molar-refractivity contribution in [2.75, 3.05) is 32.1 Å². The molecule has 0 aliphatic rings. The van der Waals surface area contributed by atoms with E-state index in [0.717, 1.165) is 38.5 Å². The summed E-state index contributed by atoms with van der Waals surface area (Å²) in [5.41, 5.74) is 0.373. The van der Waals surface area contributed by atoms with Crippen LogP contribution in [0.1, 0.15) is 82.5 Å². The molecule has 0 aromatic carbocycles. The number of aromatic nitrogens is 1. The highest BCUT2D eigenvalue weighted by Crippen LogP contribution is 2.38. The fraction of sp³-hybridized carbons (Fsp3) is 0.487. The van der Waals surface area contributed by atoms with E-state index >= 15 is 0 Å². The average Bonchev–Trinajstić information content (AvgIpc) is 3.13. The first-order valence-corrected chi connectivity index (χ1v) is 19.9. The van der Waals surface area contributed by atoms with Crippen LogP contribution in [0.3, 0.4) is 0 Å². The van der Waals surface area contributed by atoms with Crippen LogP contribution in [-0.2, 0) is 9.53 Å². The predicted octanol–water partition coefficient (Wildman–Crippen LogP) is 7.01. The van der Waals surface area contributed by atoms with Gasteiger partial charge in [-0.25, -0.2) is 4.79 Å². The molecule has 51 heavy (non-hydrogen) atoms. The van der Waals surface area contributed by atoms with Gasteiger partial charge in [0.25, 0.3) is 5.91 Å². The van der Waals surface area contributed by atoms with Gasteiger partial charge < -0.3 is 30.9 Å². The maximum absolute atomic E-state index is 12.9. The van der Waals surface area contributed by atoms with Crippen molar-refractivity contribution in [3.8, 4) is 0 Å². The summed E-state index contributed by atoms with van der Waals surface area (Å²) in [5.74, 6) is 0.279. The Morgan fingerprint density at radius 2 is 1.49 bits per heavy atom. The molecule has 0 aliphatic heterocycles. The zero-order chi connectivity index (χ0) is 37.4. The first-order chi connectivity index (χ1) is 24.7. The number of hydrogen-bond donors (Lipinski definition) is 5. The van der Waals surface area contributed by atoms with Crippen molar-refractivity contribution in [1.82, 2.24) is 20.9 Å². The Balaban J connectivity index is 2.30. The third-order valence-electron chi connectivity index (χ3n) is 7.06.